The van der Waals surface area contributed by atoms with Gasteiger partial charge < -0.3 is 14.2 Å². The van der Waals surface area contributed by atoms with Crippen LogP contribution in [0.3, 0.4) is 0 Å². The maximum atomic E-state index is 12.9. The molecule has 0 N–H and O–H groups in total. The van der Waals surface area contributed by atoms with Gasteiger partial charge in [0.1, 0.15) is 16.3 Å². The van der Waals surface area contributed by atoms with Gasteiger partial charge in [-0.15, -0.1) is 0 Å². The third-order valence-electron chi connectivity index (χ3n) is 5.35. The molecule has 1 aliphatic heterocycles. The SMILES string of the molecule is Cc1cccc(C)c1OCCCC(=O)N1CCN(S(=O)(=O)c2c(C)noc2C)CC1. The molecule has 2 heterocycles. The fraction of sp³-hybridized carbons (Fsp3) is 0.524. The molecule has 0 atom stereocenters. The molecule has 3 rings (SSSR count). The number of hydrogen-bond acceptors (Lipinski definition) is 6. The first-order chi connectivity index (χ1) is 14.2. The smallest absolute Gasteiger partial charge is 0.248 e. The molecule has 164 valence electrons. The maximum absolute atomic E-state index is 12.9. The highest BCUT2D eigenvalue weighted by Crippen LogP contribution is 2.25. The monoisotopic (exact) mass is 435 g/mol. The van der Waals surface area contributed by atoms with Crippen LogP contribution >= 0.6 is 0 Å². The molecule has 1 fully saturated rings. The van der Waals surface area contributed by atoms with Gasteiger partial charge in [-0.3, -0.25) is 4.79 Å². The summed E-state index contributed by atoms with van der Waals surface area (Å²) < 4.78 is 38.0. The Labute approximate surface area is 177 Å². The molecule has 9 heteroatoms. The highest BCUT2D eigenvalue weighted by molar-refractivity contribution is 7.89. The topological polar surface area (TPSA) is 93.0 Å². The van der Waals surface area contributed by atoms with Crippen LogP contribution in [0, 0.1) is 27.7 Å². The van der Waals surface area contributed by atoms with Crippen molar-refractivity contribution in [3.8, 4) is 5.75 Å². The summed E-state index contributed by atoms with van der Waals surface area (Å²) in [5.41, 5.74) is 2.52. The van der Waals surface area contributed by atoms with E-state index in [9.17, 15) is 13.2 Å². The number of ether oxygens (including phenoxy) is 1. The molecule has 0 radical (unpaired) electrons. The molecule has 0 saturated carbocycles. The van der Waals surface area contributed by atoms with E-state index in [1.807, 2.05) is 32.0 Å². The molecule has 1 aromatic heterocycles. The molecular formula is C21H29N3O5S. The van der Waals surface area contributed by atoms with Gasteiger partial charge in [-0.05, 0) is 45.2 Å². The molecule has 1 saturated heterocycles. The van der Waals surface area contributed by atoms with Gasteiger partial charge in [0.25, 0.3) is 0 Å². The Morgan fingerprint density at radius 1 is 1.10 bits per heavy atom. The van der Waals surface area contributed by atoms with E-state index in [-0.39, 0.29) is 29.7 Å². The zero-order valence-corrected chi connectivity index (χ0v) is 18.8. The molecule has 1 aliphatic rings. The number of piperazine rings is 1. The van der Waals surface area contributed by atoms with Crippen molar-refractivity contribution >= 4 is 15.9 Å². The fourth-order valence-corrected chi connectivity index (χ4v) is 5.45. The van der Waals surface area contributed by atoms with Crippen molar-refractivity contribution in [3.05, 3.63) is 40.8 Å². The first-order valence-corrected chi connectivity index (χ1v) is 11.6. The van der Waals surface area contributed by atoms with Gasteiger partial charge in [-0.1, -0.05) is 23.4 Å². The standard InChI is InChI=1S/C21H29N3O5S/c1-15-7-5-8-16(2)20(15)28-14-6-9-19(25)23-10-12-24(13-11-23)30(26,27)21-17(3)22-29-18(21)4/h5,7-8H,6,9-14H2,1-4H3. The molecule has 30 heavy (non-hydrogen) atoms. The van der Waals surface area contributed by atoms with Gasteiger partial charge in [0.05, 0.1) is 6.61 Å². The average molecular weight is 436 g/mol. The lowest BCUT2D eigenvalue weighted by Crippen LogP contribution is -2.50. The third kappa shape index (κ3) is 4.67. The van der Waals surface area contributed by atoms with Gasteiger partial charge in [0.2, 0.25) is 15.9 Å². The maximum Gasteiger partial charge on any atom is 0.248 e. The number of sulfonamides is 1. The molecule has 0 spiro atoms. The molecule has 0 aliphatic carbocycles. The van der Waals surface area contributed by atoms with Crippen molar-refractivity contribution in [1.82, 2.24) is 14.4 Å². The van der Waals surface area contributed by atoms with E-state index < -0.39 is 10.0 Å². The van der Waals surface area contributed by atoms with Crippen molar-refractivity contribution in [2.24, 2.45) is 0 Å². The summed E-state index contributed by atoms with van der Waals surface area (Å²) >= 11 is 0. The summed E-state index contributed by atoms with van der Waals surface area (Å²) in [6.45, 7) is 8.95. The summed E-state index contributed by atoms with van der Waals surface area (Å²) in [7, 11) is -3.67. The van der Waals surface area contributed by atoms with Crippen LogP contribution in [0.4, 0.5) is 0 Å². The summed E-state index contributed by atoms with van der Waals surface area (Å²) in [4.78, 5) is 14.4. The van der Waals surface area contributed by atoms with E-state index in [0.717, 1.165) is 16.9 Å². The van der Waals surface area contributed by atoms with E-state index >= 15 is 0 Å². The Hall–Kier alpha value is -2.39. The summed E-state index contributed by atoms with van der Waals surface area (Å²) in [6, 6.07) is 6.00. The van der Waals surface area contributed by atoms with E-state index in [1.54, 1.807) is 18.7 Å². The van der Waals surface area contributed by atoms with Gasteiger partial charge in [0, 0.05) is 32.6 Å². The highest BCUT2D eigenvalue weighted by atomic mass is 32.2. The number of rotatable bonds is 7. The van der Waals surface area contributed by atoms with Crippen LogP contribution in [0.25, 0.3) is 0 Å². The van der Waals surface area contributed by atoms with Gasteiger partial charge in [0.15, 0.2) is 5.76 Å². The number of carbonyl (C=O) groups excluding carboxylic acids is 1. The quantitative estimate of drug-likeness (QED) is 0.621. The molecule has 2 aromatic rings. The van der Waals surface area contributed by atoms with Crippen LogP contribution in [-0.2, 0) is 14.8 Å². The molecule has 0 bridgehead atoms. The number of hydrogen-bond donors (Lipinski definition) is 0. The van der Waals surface area contributed by atoms with E-state index in [1.165, 1.54) is 4.31 Å². The number of carbonyl (C=O) groups is 1. The third-order valence-corrected chi connectivity index (χ3v) is 7.49. The molecule has 8 nitrogen and oxygen atoms in total. The lowest BCUT2D eigenvalue weighted by atomic mass is 10.1. The van der Waals surface area contributed by atoms with Crippen LogP contribution in [0.2, 0.25) is 0 Å². The first kappa shape index (κ1) is 22.3. The number of aryl methyl sites for hydroxylation is 4. The first-order valence-electron chi connectivity index (χ1n) is 10.1. The summed E-state index contributed by atoms with van der Waals surface area (Å²) in [5.74, 6) is 1.19. The Kier molecular flexibility index (Phi) is 6.82. The predicted octanol–water partition coefficient (Wildman–Crippen LogP) is 2.60. The van der Waals surface area contributed by atoms with Crippen LogP contribution in [0.1, 0.15) is 35.4 Å². The van der Waals surface area contributed by atoms with E-state index in [4.69, 9.17) is 9.26 Å². The number of nitrogens with zero attached hydrogens (tertiary/aromatic N) is 3. The Morgan fingerprint density at radius 2 is 1.73 bits per heavy atom. The minimum absolute atomic E-state index is 0.0227. The van der Waals surface area contributed by atoms with Crippen molar-refractivity contribution in [2.75, 3.05) is 32.8 Å². The second-order valence-corrected chi connectivity index (χ2v) is 9.49. The minimum Gasteiger partial charge on any atom is -0.493 e. The Bertz CT molecular complexity index is 968. The Morgan fingerprint density at radius 3 is 2.30 bits per heavy atom. The minimum atomic E-state index is -3.67. The number of amides is 1. The van der Waals surface area contributed by atoms with Gasteiger partial charge >= 0.3 is 0 Å². The van der Waals surface area contributed by atoms with Crippen molar-refractivity contribution in [2.45, 2.75) is 45.4 Å². The van der Waals surface area contributed by atoms with Crippen LogP contribution < -0.4 is 4.74 Å². The van der Waals surface area contributed by atoms with E-state index in [2.05, 4.69) is 5.16 Å². The Balaban J connectivity index is 1.47. The lowest BCUT2D eigenvalue weighted by molar-refractivity contribution is -0.132. The number of aromatic nitrogens is 1. The lowest BCUT2D eigenvalue weighted by Gasteiger charge is -2.34. The number of benzene rings is 1. The van der Waals surface area contributed by atoms with Crippen LogP contribution in [0.15, 0.2) is 27.6 Å². The van der Waals surface area contributed by atoms with Crippen LogP contribution in [-0.4, -0.2) is 61.5 Å². The zero-order chi connectivity index (χ0) is 21.9. The molecular weight excluding hydrogens is 406 g/mol. The second kappa shape index (κ2) is 9.18. The normalized spacial score (nSPS) is 15.4. The molecule has 1 aromatic carbocycles. The largest absolute Gasteiger partial charge is 0.493 e. The van der Waals surface area contributed by atoms with Crippen LogP contribution in [0.5, 0.6) is 5.75 Å². The fourth-order valence-electron chi connectivity index (χ4n) is 3.73. The highest BCUT2D eigenvalue weighted by Gasteiger charge is 2.34. The predicted molar refractivity (Wildman–Crippen MR) is 112 cm³/mol. The molecule has 0 unspecified atom stereocenters. The number of para-hydroxylation sites is 1. The summed E-state index contributed by atoms with van der Waals surface area (Å²) in [5, 5.41) is 3.74. The second-order valence-electron chi connectivity index (χ2n) is 7.61. The molecule has 1 amide bonds. The van der Waals surface area contributed by atoms with Crippen molar-refractivity contribution < 1.29 is 22.5 Å². The zero-order valence-electron chi connectivity index (χ0n) is 18.0. The van der Waals surface area contributed by atoms with Crippen molar-refractivity contribution in [1.29, 1.82) is 0 Å². The van der Waals surface area contributed by atoms with Crippen molar-refractivity contribution in [3.63, 3.8) is 0 Å². The summed E-state index contributed by atoms with van der Waals surface area (Å²) in [6.07, 6.45) is 0.992. The average Bonchev–Trinajstić information content (AvgIpc) is 3.05. The van der Waals surface area contributed by atoms with Gasteiger partial charge in [-0.25, -0.2) is 8.42 Å². The van der Waals surface area contributed by atoms with E-state index in [0.29, 0.717) is 38.2 Å². The van der Waals surface area contributed by atoms with Gasteiger partial charge in [-0.2, -0.15) is 4.31 Å².